The number of hydrogen-bond donors (Lipinski definition) is 2. The van der Waals surface area contributed by atoms with Gasteiger partial charge in [-0.05, 0) is 24.3 Å². The highest BCUT2D eigenvalue weighted by atomic mass is 32.2. The second kappa shape index (κ2) is 6.66. The maximum Gasteiger partial charge on any atom is 0.238 e. The first-order valence-electron chi connectivity index (χ1n) is 5.12. The molecule has 8 heteroatoms. The number of nitrogens with zero attached hydrogens (tertiary/aromatic N) is 2. The van der Waals surface area contributed by atoms with Crippen LogP contribution in [0.3, 0.4) is 0 Å². The fourth-order valence-corrected chi connectivity index (χ4v) is 1.56. The summed E-state index contributed by atoms with van der Waals surface area (Å²) in [5, 5.41) is 4.84. The van der Waals surface area contributed by atoms with Crippen LogP contribution in [-0.2, 0) is 10.0 Å². The third kappa shape index (κ3) is 5.32. The van der Waals surface area contributed by atoms with Crippen LogP contribution < -0.4 is 15.6 Å². The van der Waals surface area contributed by atoms with E-state index in [4.69, 9.17) is 15.6 Å². The molecule has 0 spiro atoms. The summed E-state index contributed by atoms with van der Waals surface area (Å²) in [4.78, 5) is 7.66. The zero-order valence-corrected chi connectivity index (χ0v) is 11.0. The number of sulfonamides is 1. The van der Waals surface area contributed by atoms with Gasteiger partial charge in [0.1, 0.15) is 0 Å². The third-order valence-corrected chi connectivity index (χ3v) is 2.89. The van der Waals surface area contributed by atoms with Gasteiger partial charge in [-0.25, -0.2) is 18.5 Å². The van der Waals surface area contributed by atoms with Crippen LogP contribution in [-0.4, -0.2) is 25.5 Å². The molecule has 2 aromatic rings. The minimum Gasteiger partial charge on any atom is -0.480 e. The average Bonchev–Trinajstić information content (AvgIpc) is 2.40. The van der Waals surface area contributed by atoms with Gasteiger partial charge in [-0.1, -0.05) is 0 Å². The monoisotopic (exact) mass is 282 g/mol. The number of hydrogen-bond acceptors (Lipinski definition) is 6. The van der Waals surface area contributed by atoms with Gasteiger partial charge < -0.3 is 10.5 Å². The Morgan fingerprint density at radius 1 is 1.16 bits per heavy atom. The van der Waals surface area contributed by atoms with Crippen LogP contribution in [0.2, 0.25) is 0 Å². The number of benzene rings is 1. The first-order chi connectivity index (χ1) is 8.93. The Balaban J connectivity index is 0.000000200. The molecule has 0 fully saturated rings. The van der Waals surface area contributed by atoms with E-state index in [0.717, 1.165) is 0 Å². The molecular formula is C11H14N4O3S. The van der Waals surface area contributed by atoms with Crippen molar-refractivity contribution in [2.24, 2.45) is 5.14 Å². The van der Waals surface area contributed by atoms with Gasteiger partial charge >= 0.3 is 0 Å². The molecule has 0 saturated heterocycles. The molecule has 0 aliphatic heterocycles. The molecule has 0 atom stereocenters. The van der Waals surface area contributed by atoms with Gasteiger partial charge in [-0.2, -0.15) is 0 Å². The van der Waals surface area contributed by atoms with E-state index < -0.39 is 10.0 Å². The van der Waals surface area contributed by atoms with Gasteiger partial charge in [-0.3, -0.25) is 4.98 Å². The highest BCUT2D eigenvalue weighted by molar-refractivity contribution is 7.89. The number of rotatable bonds is 2. The standard InChI is InChI=1S/C6H8N2O2S.C5H6N2O/c7-5-1-3-6(4-2-5)11(8,9)10;1-8-5-4-6-2-3-7-5/h1-4H,7H2,(H2,8,9,10);2-4H,1H3. The Morgan fingerprint density at radius 2 is 1.79 bits per heavy atom. The molecule has 102 valence electrons. The lowest BCUT2D eigenvalue weighted by molar-refractivity contribution is 0.395. The fourth-order valence-electron chi connectivity index (χ4n) is 1.05. The molecule has 0 aliphatic rings. The molecule has 0 amide bonds. The van der Waals surface area contributed by atoms with Gasteiger partial charge in [0.05, 0.1) is 18.2 Å². The number of anilines is 1. The van der Waals surface area contributed by atoms with Crippen LogP contribution >= 0.6 is 0 Å². The Kier molecular flexibility index (Phi) is 5.22. The number of ether oxygens (including phenoxy) is 1. The first-order valence-corrected chi connectivity index (χ1v) is 6.66. The summed E-state index contributed by atoms with van der Waals surface area (Å²) >= 11 is 0. The van der Waals surface area contributed by atoms with Gasteiger partial charge in [-0.15, -0.1) is 0 Å². The largest absolute Gasteiger partial charge is 0.480 e. The highest BCUT2D eigenvalue weighted by Gasteiger charge is 2.04. The van der Waals surface area contributed by atoms with Gasteiger partial charge in [0.25, 0.3) is 0 Å². The molecule has 1 heterocycles. The zero-order valence-electron chi connectivity index (χ0n) is 10.2. The van der Waals surface area contributed by atoms with E-state index in [0.29, 0.717) is 11.6 Å². The smallest absolute Gasteiger partial charge is 0.238 e. The number of nitrogen functional groups attached to an aromatic ring is 1. The lowest BCUT2D eigenvalue weighted by Gasteiger charge is -1.96. The number of methoxy groups -OCH3 is 1. The van der Waals surface area contributed by atoms with E-state index in [1.54, 1.807) is 25.7 Å². The summed E-state index contributed by atoms with van der Waals surface area (Å²) in [6.45, 7) is 0. The Morgan fingerprint density at radius 3 is 2.16 bits per heavy atom. The molecule has 1 aromatic carbocycles. The van der Waals surface area contributed by atoms with E-state index in [1.165, 1.54) is 24.3 Å². The molecule has 7 nitrogen and oxygen atoms in total. The predicted octanol–water partition coefficient (Wildman–Crippen LogP) is 0.401. The second-order valence-electron chi connectivity index (χ2n) is 3.36. The summed E-state index contributed by atoms with van der Waals surface area (Å²) < 4.78 is 26.1. The molecular weight excluding hydrogens is 268 g/mol. The summed E-state index contributed by atoms with van der Waals surface area (Å²) in [6, 6.07) is 5.70. The quantitative estimate of drug-likeness (QED) is 0.769. The molecule has 0 aliphatic carbocycles. The van der Waals surface area contributed by atoms with Gasteiger partial charge in [0.15, 0.2) is 0 Å². The maximum absolute atomic E-state index is 10.7. The van der Waals surface area contributed by atoms with E-state index in [1.807, 2.05) is 0 Å². The van der Waals surface area contributed by atoms with Crippen LogP contribution in [0.1, 0.15) is 0 Å². The normalized spacial score (nSPS) is 10.2. The third-order valence-electron chi connectivity index (χ3n) is 1.96. The topological polar surface area (TPSA) is 121 Å². The van der Waals surface area contributed by atoms with Gasteiger partial charge in [0.2, 0.25) is 15.9 Å². The van der Waals surface area contributed by atoms with E-state index in [2.05, 4.69) is 9.97 Å². The van der Waals surface area contributed by atoms with Crippen molar-refractivity contribution in [2.45, 2.75) is 4.90 Å². The number of aromatic nitrogens is 2. The van der Waals surface area contributed by atoms with Crippen molar-refractivity contribution < 1.29 is 13.2 Å². The van der Waals surface area contributed by atoms with Crippen molar-refractivity contribution in [3.8, 4) is 5.88 Å². The van der Waals surface area contributed by atoms with Crippen LogP contribution in [0.25, 0.3) is 0 Å². The maximum atomic E-state index is 10.7. The molecule has 2 rings (SSSR count). The van der Waals surface area contributed by atoms with Gasteiger partial charge in [0, 0.05) is 18.1 Å². The van der Waals surface area contributed by atoms with Crippen LogP contribution in [0.5, 0.6) is 5.88 Å². The van der Waals surface area contributed by atoms with Crippen LogP contribution in [0, 0.1) is 0 Å². The Labute approximate surface area is 111 Å². The number of nitrogens with two attached hydrogens (primary N) is 2. The average molecular weight is 282 g/mol. The minimum atomic E-state index is -3.58. The molecule has 0 unspecified atom stereocenters. The zero-order chi connectivity index (χ0) is 14.3. The van der Waals surface area contributed by atoms with E-state index >= 15 is 0 Å². The Hall–Kier alpha value is -2.19. The molecule has 19 heavy (non-hydrogen) atoms. The lowest BCUT2D eigenvalue weighted by Crippen LogP contribution is -2.11. The summed E-state index contributed by atoms with van der Waals surface area (Å²) in [5.41, 5.74) is 5.85. The van der Waals surface area contributed by atoms with Crippen molar-refractivity contribution in [2.75, 3.05) is 12.8 Å². The molecule has 0 saturated carbocycles. The van der Waals surface area contributed by atoms with Crippen molar-refractivity contribution in [3.63, 3.8) is 0 Å². The molecule has 0 bridgehead atoms. The predicted molar refractivity (Wildman–Crippen MR) is 70.8 cm³/mol. The second-order valence-corrected chi connectivity index (χ2v) is 4.92. The SMILES string of the molecule is COc1cnccn1.Nc1ccc(S(N)(=O)=O)cc1. The molecule has 0 radical (unpaired) electrons. The Bertz CT molecular complexity index is 600. The van der Waals surface area contributed by atoms with E-state index in [-0.39, 0.29) is 4.90 Å². The van der Waals surface area contributed by atoms with Crippen LogP contribution in [0.4, 0.5) is 5.69 Å². The molecule has 4 N–H and O–H groups in total. The van der Waals surface area contributed by atoms with Crippen molar-refractivity contribution >= 4 is 15.7 Å². The highest BCUT2D eigenvalue weighted by Crippen LogP contribution is 2.08. The fraction of sp³-hybridized carbons (Fsp3) is 0.0909. The lowest BCUT2D eigenvalue weighted by atomic mass is 10.3. The van der Waals surface area contributed by atoms with Crippen LogP contribution in [0.15, 0.2) is 47.8 Å². The molecule has 1 aromatic heterocycles. The van der Waals surface area contributed by atoms with Crippen molar-refractivity contribution in [1.82, 2.24) is 9.97 Å². The minimum absolute atomic E-state index is 0.0756. The summed E-state index contributed by atoms with van der Waals surface area (Å²) in [7, 11) is -2.02. The first kappa shape index (κ1) is 14.9. The summed E-state index contributed by atoms with van der Waals surface area (Å²) in [6.07, 6.45) is 4.74. The van der Waals surface area contributed by atoms with Crippen molar-refractivity contribution in [3.05, 3.63) is 42.9 Å². The number of primary sulfonamides is 1. The van der Waals surface area contributed by atoms with E-state index in [9.17, 15) is 8.42 Å². The van der Waals surface area contributed by atoms with Crippen molar-refractivity contribution in [1.29, 1.82) is 0 Å². The summed E-state index contributed by atoms with van der Waals surface area (Å²) in [5.74, 6) is 0.549.